The number of hydrogen-bond donors (Lipinski definition) is 1. The number of nitrogens with two attached hydrogens (primary N) is 1. The zero-order valence-electron chi connectivity index (χ0n) is 10.9. The highest BCUT2D eigenvalue weighted by molar-refractivity contribution is 9.10. The van der Waals surface area contributed by atoms with Crippen molar-refractivity contribution >= 4 is 15.9 Å². The highest BCUT2D eigenvalue weighted by Crippen LogP contribution is 2.42. The molecule has 1 saturated carbocycles. The SMILES string of the molecule is Cc1ccc(C(CN)N2CC3CCC2C3)cc1Br. The van der Waals surface area contributed by atoms with E-state index in [1.54, 1.807) is 0 Å². The second kappa shape index (κ2) is 4.95. The maximum atomic E-state index is 6.05. The molecule has 0 amide bonds. The Bertz CT molecular complexity index is 446. The summed E-state index contributed by atoms with van der Waals surface area (Å²) in [5.74, 6) is 0.929. The van der Waals surface area contributed by atoms with Crippen molar-refractivity contribution in [3.8, 4) is 0 Å². The topological polar surface area (TPSA) is 29.3 Å². The summed E-state index contributed by atoms with van der Waals surface area (Å²) < 4.78 is 1.20. The van der Waals surface area contributed by atoms with Crippen molar-refractivity contribution in [1.29, 1.82) is 0 Å². The number of likely N-dealkylation sites (tertiary alicyclic amines) is 1. The lowest BCUT2D eigenvalue weighted by Crippen LogP contribution is -2.39. The van der Waals surface area contributed by atoms with Gasteiger partial charge >= 0.3 is 0 Å². The predicted octanol–water partition coefficient (Wildman–Crippen LogP) is 3.24. The van der Waals surface area contributed by atoms with Gasteiger partial charge in [0.2, 0.25) is 0 Å². The fourth-order valence-corrected chi connectivity index (χ4v) is 4.02. The van der Waals surface area contributed by atoms with Crippen molar-refractivity contribution in [2.75, 3.05) is 13.1 Å². The lowest BCUT2D eigenvalue weighted by Gasteiger charge is -2.34. The molecule has 1 saturated heterocycles. The molecule has 3 unspecified atom stereocenters. The van der Waals surface area contributed by atoms with Crippen molar-refractivity contribution in [3.05, 3.63) is 33.8 Å². The van der Waals surface area contributed by atoms with Crippen LogP contribution < -0.4 is 5.73 Å². The molecule has 0 aromatic heterocycles. The molecule has 1 heterocycles. The molecule has 3 atom stereocenters. The molecule has 1 aliphatic carbocycles. The van der Waals surface area contributed by atoms with Crippen LogP contribution in [-0.4, -0.2) is 24.0 Å². The number of aryl methyl sites for hydroxylation is 1. The number of hydrogen-bond acceptors (Lipinski definition) is 2. The summed E-state index contributed by atoms with van der Waals surface area (Å²) in [6, 6.07) is 7.86. The Morgan fingerprint density at radius 2 is 2.28 bits per heavy atom. The first-order valence-electron chi connectivity index (χ1n) is 6.91. The third-order valence-electron chi connectivity index (χ3n) is 4.66. The average Bonchev–Trinajstić information content (AvgIpc) is 2.97. The molecule has 1 aromatic rings. The van der Waals surface area contributed by atoms with Crippen LogP contribution >= 0.6 is 15.9 Å². The fraction of sp³-hybridized carbons (Fsp3) is 0.600. The van der Waals surface area contributed by atoms with Gasteiger partial charge in [0.25, 0.3) is 0 Å². The van der Waals surface area contributed by atoms with Crippen molar-refractivity contribution < 1.29 is 0 Å². The van der Waals surface area contributed by atoms with Gasteiger partial charge in [0, 0.05) is 29.6 Å². The Balaban J connectivity index is 1.85. The summed E-state index contributed by atoms with van der Waals surface area (Å²) in [6.07, 6.45) is 4.19. The third-order valence-corrected chi connectivity index (χ3v) is 5.51. The number of fused-ring (bicyclic) bond motifs is 2. The minimum absolute atomic E-state index is 0.400. The van der Waals surface area contributed by atoms with Crippen LogP contribution in [0, 0.1) is 12.8 Å². The first kappa shape index (κ1) is 12.6. The largest absolute Gasteiger partial charge is 0.329 e. The average molecular weight is 309 g/mol. The Hall–Kier alpha value is -0.380. The molecule has 1 aromatic carbocycles. The summed E-state index contributed by atoms with van der Waals surface area (Å²) in [6.45, 7) is 4.10. The summed E-state index contributed by atoms with van der Waals surface area (Å²) in [5, 5.41) is 0. The van der Waals surface area contributed by atoms with E-state index < -0.39 is 0 Å². The number of nitrogens with zero attached hydrogens (tertiary/aromatic N) is 1. The number of piperidine rings is 1. The summed E-state index contributed by atoms with van der Waals surface area (Å²) >= 11 is 3.63. The van der Waals surface area contributed by atoms with Crippen LogP contribution in [0.25, 0.3) is 0 Å². The third kappa shape index (κ3) is 2.13. The van der Waals surface area contributed by atoms with Gasteiger partial charge in [0.05, 0.1) is 0 Å². The van der Waals surface area contributed by atoms with E-state index in [0.29, 0.717) is 6.04 Å². The molecule has 0 radical (unpaired) electrons. The van der Waals surface area contributed by atoms with Crippen LogP contribution in [0.4, 0.5) is 0 Å². The minimum Gasteiger partial charge on any atom is -0.329 e. The molecule has 0 spiro atoms. The molecule has 2 aliphatic rings. The maximum Gasteiger partial charge on any atom is 0.0473 e. The lowest BCUT2D eigenvalue weighted by atomic mass is 10.0. The van der Waals surface area contributed by atoms with Crippen LogP contribution in [0.3, 0.4) is 0 Å². The quantitative estimate of drug-likeness (QED) is 0.929. The van der Waals surface area contributed by atoms with Gasteiger partial charge in [-0.25, -0.2) is 0 Å². The number of rotatable bonds is 3. The van der Waals surface area contributed by atoms with Gasteiger partial charge in [-0.3, -0.25) is 4.90 Å². The smallest absolute Gasteiger partial charge is 0.0473 e. The Kier molecular flexibility index (Phi) is 3.48. The van der Waals surface area contributed by atoms with Gasteiger partial charge < -0.3 is 5.73 Å². The van der Waals surface area contributed by atoms with E-state index in [0.717, 1.165) is 18.5 Å². The van der Waals surface area contributed by atoms with E-state index in [-0.39, 0.29) is 0 Å². The van der Waals surface area contributed by atoms with Gasteiger partial charge in [0.15, 0.2) is 0 Å². The van der Waals surface area contributed by atoms with Crippen molar-refractivity contribution in [3.63, 3.8) is 0 Å². The fourth-order valence-electron chi connectivity index (χ4n) is 3.62. The maximum absolute atomic E-state index is 6.05. The van der Waals surface area contributed by atoms with E-state index in [9.17, 15) is 0 Å². The van der Waals surface area contributed by atoms with Gasteiger partial charge in [0.1, 0.15) is 0 Å². The molecule has 3 rings (SSSR count). The van der Waals surface area contributed by atoms with Gasteiger partial charge in [-0.1, -0.05) is 28.1 Å². The first-order valence-corrected chi connectivity index (χ1v) is 7.70. The van der Waals surface area contributed by atoms with Crippen LogP contribution in [0.5, 0.6) is 0 Å². The second-order valence-electron chi connectivity index (χ2n) is 5.79. The molecule has 98 valence electrons. The van der Waals surface area contributed by atoms with E-state index in [1.807, 2.05) is 0 Å². The van der Waals surface area contributed by atoms with Crippen LogP contribution in [0.15, 0.2) is 22.7 Å². The highest BCUT2D eigenvalue weighted by atomic mass is 79.9. The molecule has 1 aliphatic heterocycles. The predicted molar refractivity (Wildman–Crippen MR) is 78.5 cm³/mol. The van der Waals surface area contributed by atoms with Gasteiger partial charge in [-0.15, -0.1) is 0 Å². The summed E-state index contributed by atoms with van der Waals surface area (Å²) in [5.41, 5.74) is 8.70. The minimum atomic E-state index is 0.400. The van der Waals surface area contributed by atoms with Crippen LogP contribution in [0.2, 0.25) is 0 Å². The molecular weight excluding hydrogens is 288 g/mol. The van der Waals surface area contributed by atoms with Crippen molar-refractivity contribution in [2.45, 2.75) is 38.3 Å². The second-order valence-corrected chi connectivity index (χ2v) is 6.64. The first-order chi connectivity index (χ1) is 8.69. The van der Waals surface area contributed by atoms with E-state index >= 15 is 0 Å². The molecule has 2 nitrogen and oxygen atoms in total. The monoisotopic (exact) mass is 308 g/mol. The normalized spacial score (nSPS) is 28.8. The standard InChI is InChI=1S/C15H21BrN2/c1-10-2-4-12(7-14(10)16)15(8-17)18-9-11-3-5-13(18)6-11/h2,4,7,11,13,15H,3,5-6,8-9,17H2,1H3. The zero-order chi connectivity index (χ0) is 12.7. The van der Waals surface area contributed by atoms with E-state index in [1.165, 1.54) is 41.4 Å². The van der Waals surface area contributed by atoms with Gasteiger partial charge in [-0.2, -0.15) is 0 Å². The number of benzene rings is 1. The molecular formula is C15H21BrN2. The Morgan fingerprint density at radius 3 is 2.83 bits per heavy atom. The van der Waals surface area contributed by atoms with Crippen molar-refractivity contribution in [2.24, 2.45) is 11.7 Å². The molecule has 2 N–H and O–H groups in total. The molecule has 3 heteroatoms. The Morgan fingerprint density at radius 1 is 1.44 bits per heavy atom. The van der Waals surface area contributed by atoms with E-state index in [2.05, 4.69) is 46.0 Å². The highest BCUT2D eigenvalue weighted by Gasteiger charge is 2.40. The molecule has 2 bridgehead atoms. The van der Waals surface area contributed by atoms with Crippen molar-refractivity contribution in [1.82, 2.24) is 4.90 Å². The number of halogens is 1. The van der Waals surface area contributed by atoms with Gasteiger partial charge in [-0.05, 0) is 49.3 Å². The van der Waals surface area contributed by atoms with Crippen LogP contribution in [-0.2, 0) is 0 Å². The molecule has 2 fully saturated rings. The van der Waals surface area contributed by atoms with E-state index in [4.69, 9.17) is 5.73 Å². The summed E-state index contributed by atoms with van der Waals surface area (Å²) in [4.78, 5) is 2.64. The van der Waals surface area contributed by atoms with Crippen LogP contribution in [0.1, 0.15) is 36.4 Å². The zero-order valence-corrected chi connectivity index (χ0v) is 12.5. The lowest BCUT2D eigenvalue weighted by molar-refractivity contribution is 0.153. The Labute approximate surface area is 118 Å². The summed E-state index contributed by atoms with van der Waals surface area (Å²) in [7, 11) is 0. The molecule has 18 heavy (non-hydrogen) atoms.